The van der Waals surface area contributed by atoms with Gasteiger partial charge in [-0.25, -0.2) is 4.79 Å². The van der Waals surface area contributed by atoms with Crippen LogP contribution in [0, 0.1) is 27.9 Å². The number of anilines is 1. The second-order valence-corrected chi connectivity index (χ2v) is 8.50. The van der Waals surface area contributed by atoms with E-state index in [2.05, 4.69) is 6.92 Å². The number of ketones is 1. The third kappa shape index (κ3) is 4.39. The first kappa shape index (κ1) is 22.3. The van der Waals surface area contributed by atoms with E-state index >= 15 is 0 Å². The topological polar surface area (TPSA) is 124 Å². The molecule has 1 heterocycles. The van der Waals surface area contributed by atoms with E-state index in [-0.39, 0.29) is 40.5 Å². The Morgan fingerprint density at radius 1 is 1.03 bits per heavy atom. The van der Waals surface area contributed by atoms with Crippen LogP contribution in [-0.4, -0.2) is 35.1 Å². The standard InChI is InChI=1S/C24H22N2O7/c1-14-8-9-19-20(10-14)23(29)25(22(19)28)17-6-3-5-16(12-17)24(30)33-13-21(27)15-4-2-7-18(11-15)26(31)32/h2-7,11-12,14,19-20H,8-10,13H2,1H3/t14-,19+,20-/m1/s1. The monoisotopic (exact) mass is 450 g/mol. The third-order valence-corrected chi connectivity index (χ3v) is 6.24. The Morgan fingerprint density at radius 2 is 1.73 bits per heavy atom. The summed E-state index contributed by atoms with van der Waals surface area (Å²) in [6.45, 7) is 1.47. The SMILES string of the molecule is C[C@@H]1CC[C@@H]2C(=O)N(c3cccc(C(=O)OCC(=O)c4cccc([N+](=O)[O-])c4)c3)C(=O)[C@@H]2C1. The lowest BCUT2D eigenvalue weighted by Gasteiger charge is -2.25. The van der Waals surface area contributed by atoms with E-state index in [1.54, 1.807) is 12.1 Å². The van der Waals surface area contributed by atoms with Gasteiger partial charge in [-0.05, 0) is 43.4 Å². The van der Waals surface area contributed by atoms with Gasteiger partial charge in [0.25, 0.3) is 5.69 Å². The van der Waals surface area contributed by atoms with Crippen molar-refractivity contribution in [2.24, 2.45) is 17.8 Å². The number of nitro benzene ring substituents is 1. The molecule has 0 spiro atoms. The van der Waals surface area contributed by atoms with E-state index in [1.165, 1.54) is 30.3 Å². The van der Waals surface area contributed by atoms with E-state index in [1.807, 2.05) is 0 Å². The van der Waals surface area contributed by atoms with Crippen molar-refractivity contribution in [2.45, 2.75) is 26.2 Å². The molecule has 0 radical (unpaired) electrons. The second-order valence-electron chi connectivity index (χ2n) is 8.50. The molecule has 9 heteroatoms. The van der Waals surface area contributed by atoms with Crippen molar-refractivity contribution < 1.29 is 28.8 Å². The van der Waals surface area contributed by atoms with Crippen LogP contribution < -0.4 is 4.90 Å². The molecule has 2 fully saturated rings. The largest absolute Gasteiger partial charge is 0.454 e. The first-order chi connectivity index (χ1) is 15.8. The number of nitro groups is 1. The van der Waals surface area contributed by atoms with Gasteiger partial charge >= 0.3 is 5.97 Å². The molecule has 2 aromatic rings. The Morgan fingerprint density at radius 3 is 2.48 bits per heavy atom. The molecule has 0 unspecified atom stereocenters. The van der Waals surface area contributed by atoms with Gasteiger partial charge in [0, 0.05) is 17.7 Å². The van der Waals surface area contributed by atoms with Crippen molar-refractivity contribution in [3.63, 3.8) is 0 Å². The highest BCUT2D eigenvalue weighted by molar-refractivity contribution is 6.22. The van der Waals surface area contributed by atoms with Crippen molar-refractivity contribution >= 4 is 34.9 Å². The zero-order chi connectivity index (χ0) is 23.7. The summed E-state index contributed by atoms with van der Waals surface area (Å²) in [5, 5.41) is 10.9. The van der Waals surface area contributed by atoms with E-state index in [9.17, 15) is 29.3 Å². The van der Waals surface area contributed by atoms with E-state index < -0.39 is 23.3 Å². The van der Waals surface area contributed by atoms with Crippen LogP contribution in [-0.2, 0) is 14.3 Å². The zero-order valence-corrected chi connectivity index (χ0v) is 17.9. The summed E-state index contributed by atoms with van der Waals surface area (Å²) in [5.74, 6) is -2.16. The number of rotatable bonds is 6. The maximum Gasteiger partial charge on any atom is 0.338 e. The summed E-state index contributed by atoms with van der Waals surface area (Å²) in [7, 11) is 0. The number of nitrogens with zero attached hydrogens (tertiary/aromatic N) is 2. The molecule has 3 atom stereocenters. The zero-order valence-electron chi connectivity index (χ0n) is 17.9. The fourth-order valence-corrected chi connectivity index (χ4v) is 4.51. The fourth-order valence-electron chi connectivity index (χ4n) is 4.51. The summed E-state index contributed by atoms with van der Waals surface area (Å²) in [6, 6.07) is 11.1. The summed E-state index contributed by atoms with van der Waals surface area (Å²) >= 11 is 0. The van der Waals surface area contributed by atoms with Crippen molar-refractivity contribution in [1.29, 1.82) is 0 Å². The predicted octanol–water partition coefficient (Wildman–Crippen LogP) is 3.56. The Bertz CT molecular complexity index is 1160. The number of hydrogen-bond acceptors (Lipinski definition) is 7. The molecule has 33 heavy (non-hydrogen) atoms. The number of amides is 2. The number of imide groups is 1. The number of ether oxygens (including phenoxy) is 1. The summed E-state index contributed by atoms with van der Waals surface area (Å²) in [4.78, 5) is 62.0. The Kier molecular flexibility index (Phi) is 6.04. The van der Waals surface area contributed by atoms with Crippen LogP contribution in [0.25, 0.3) is 0 Å². The molecule has 1 saturated heterocycles. The fraction of sp³-hybridized carbons (Fsp3) is 0.333. The molecular formula is C24H22N2O7. The highest BCUT2D eigenvalue weighted by Gasteiger charge is 2.50. The van der Waals surface area contributed by atoms with E-state index in [4.69, 9.17) is 4.74 Å². The molecular weight excluding hydrogens is 428 g/mol. The number of hydrogen-bond donors (Lipinski definition) is 0. The van der Waals surface area contributed by atoms with Crippen LogP contribution >= 0.6 is 0 Å². The minimum atomic E-state index is -0.805. The van der Waals surface area contributed by atoms with Gasteiger partial charge in [0.15, 0.2) is 6.61 Å². The van der Waals surface area contributed by atoms with Crippen LogP contribution in [0.4, 0.5) is 11.4 Å². The van der Waals surface area contributed by atoms with Crippen LogP contribution in [0.1, 0.15) is 46.9 Å². The number of carbonyl (C=O) groups is 4. The van der Waals surface area contributed by atoms with Gasteiger partial charge in [-0.15, -0.1) is 0 Å². The third-order valence-electron chi connectivity index (χ3n) is 6.24. The minimum absolute atomic E-state index is 0.0517. The number of benzene rings is 2. The number of non-ortho nitro benzene ring substituents is 1. The molecule has 9 nitrogen and oxygen atoms in total. The Balaban J connectivity index is 1.46. The smallest absolute Gasteiger partial charge is 0.338 e. The molecule has 1 aliphatic heterocycles. The molecule has 0 bridgehead atoms. The van der Waals surface area contributed by atoms with E-state index in [0.29, 0.717) is 24.4 Å². The Hall–Kier alpha value is -3.88. The van der Waals surface area contributed by atoms with Crippen LogP contribution in [0.15, 0.2) is 48.5 Å². The number of Topliss-reactive ketones (excluding diaryl/α,β-unsaturated/α-hetero) is 1. The number of carbonyl (C=O) groups excluding carboxylic acids is 4. The van der Waals surface area contributed by atoms with Gasteiger partial charge < -0.3 is 4.74 Å². The molecule has 0 N–H and O–H groups in total. The average molecular weight is 450 g/mol. The highest BCUT2D eigenvalue weighted by atomic mass is 16.6. The molecule has 2 amide bonds. The molecule has 170 valence electrons. The highest BCUT2D eigenvalue weighted by Crippen LogP contribution is 2.42. The first-order valence-electron chi connectivity index (χ1n) is 10.7. The predicted molar refractivity (Wildman–Crippen MR) is 117 cm³/mol. The second kappa shape index (κ2) is 8.93. The lowest BCUT2D eigenvalue weighted by molar-refractivity contribution is -0.384. The van der Waals surface area contributed by atoms with Crippen molar-refractivity contribution in [3.8, 4) is 0 Å². The summed E-state index contributed by atoms with van der Waals surface area (Å²) in [5.41, 5.74) is 0.195. The van der Waals surface area contributed by atoms with Gasteiger partial charge in [0.2, 0.25) is 17.6 Å². The lowest BCUT2D eigenvalue weighted by Crippen LogP contribution is -2.31. The van der Waals surface area contributed by atoms with Crippen molar-refractivity contribution in [1.82, 2.24) is 0 Å². The van der Waals surface area contributed by atoms with Gasteiger partial charge in [-0.2, -0.15) is 0 Å². The van der Waals surface area contributed by atoms with Crippen LogP contribution in [0.2, 0.25) is 0 Å². The van der Waals surface area contributed by atoms with Gasteiger partial charge in [0.05, 0.1) is 28.0 Å². The first-order valence-corrected chi connectivity index (χ1v) is 10.7. The van der Waals surface area contributed by atoms with Crippen molar-refractivity contribution in [2.75, 3.05) is 11.5 Å². The minimum Gasteiger partial charge on any atom is -0.454 e. The molecule has 1 saturated carbocycles. The van der Waals surface area contributed by atoms with E-state index in [0.717, 1.165) is 17.4 Å². The quantitative estimate of drug-likeness (QED) is 0.217. The van der Waals surface area contributed by atoms with Crippen LogP contribution in [0.3, 0.4) is 0 Å². The molecule has 1 aliphatic carbocycles. The van der Waals surface area contributed by atoms with Crippen molar-refractivity contribution in [3.05, 3.63) is 69.8 Å². The molecule has 2 aliphatic rings. The molecule has 4 rings (SSSR count). The molecule has 0 aromatic heterocycles. The lowest BCUT2D eigenvalue weighted by atomic mass is 9.76. The van der Waals surface area contributed by atoms with Gasteiger partial charge in [0.1, 0.15) is 0 Å². The maximum absolute atomic E-state index is 12.9. The molecule has 2 aromatic carbocycles. The Labute approximate surface area is 189 Å². The van der Waals surface area contributed by atoms with Gasteiger partial charge in [-0.3, -0.25) is 29.4 Å². The van der Waals surface area contributed by atoms with Crippen LogP contribution in [0.5, 0.6) is 0 Å². The number of esters is 1. The maximum atomic E-state index is 12.9. The normalized spacial score (nSPS) is 22.1. The van der Waals surface area contributed by atoms with Gasteiger partial charge in [-0.1, -0.05) is 25.1 Å². The summed E-state index contributed by atoms with van der Waals surface area (Å²) < 4.78 is 5.08. The summed E-state index contributed by atoms with van der Waals surface area (Å²) in [6.07, 6.45) is 2.25. The number of fused-ring (bicyclic) bond motifs is 1. The average Bonchev–Trinajstić information content (AvgIpc) is 3.06.